The second-order valence-electron chi connectivity index (χ2n) is 8.77. The van der Waals surface area contributed by atoms with Crippen LogP contribution in [0.4, 0.5) is 16.3 Å². The molecule has 0 aliphatic carbocycles. The maximum atomic E-state index is 12.9. The molecule has 0 bridgehead atoms. The first-order valence-corrected chi connectivity index (χ1v) is 12.2. The van der Waals surface area contributed by atoms with E-state index in [0.29, 0.717) is 22.9 Å². The Labute approximate surface area is 225 Å². The van der Waals surface area contributed by atoms with Crippen LogP contribution in [0.5, 0.6) is 5.75 Å². The van der Waals surface area contributed by atoms with Crippen molar-refractivity contribution in [2.24, 2.45) is 7.05 Å². The van der Waals surface area contributed by atoms with Gasteiger partial charge < -0.3 is 24.5 Å². The molecule has 0 saturated heterocycles. The Hall–Kier alpha value is -5.12. The van der Waals surface area contributed by atoms with Crippen LogP contribution in [0.1, 0.15) is 35.9 Å². The van der Waals surface area contributed by atoms with Gasteiger partial charge in [-0.2, -0.15) is 0 Å². The third-order valence-electron chi connectivity index (χ3n) is 5.85. The molecule has 0 saturated carbocycles. The zero-order valence-electron chi connectivity index (χ0n) is 21.6. The van der Waals surface area contributed by atoms with Gasteiger partial charge in [0.1, 0.15) is 17.7 Å². The summed E-state index contributed by atoms with van der Waals surface area (Å²) in [4.78, 5) is 40.8. The van der Waals surface area contributed by atoms with Gasteiger partial charge in [0.2, 0.25) is 0 Å². The Morgan fingerprint density at radius 3 is 2.26 bits per heavy atom. The standard InChI is InChI=1S/C29H28N4O6/c1-18(20-9-5-4-6-10-20)39-29(37)32-25-17-33(3)26(31-25)21-13-15-22(16-14-21)27(34)30-23-11-7-8-12-24(23)38-19(2)28(35)36/h4-19H,1-3H3,(H,30,34)(H,32,37)(H,35,36). The first-order valence-electron chi connectivity index (χ1n) is 12.2. The van der Waals surface area contributed by atoms with Crippen molar-refractivity contribution in [2.75, 3.05) is 10.6 Å². The lowest BCUT2D eigenvalue weighted by Crippen LogP contribution is -2.23. The molecule has 10 heteroatoms. The number of para-hydroxylation sites is 2. The number of carboxylic acid groups (broad SMARTS) is 1. The van der Waals surface area contributed by atoms with Gasteiger partial charge in [0.15, 0.2) is 11.9 Å². The number of imidazole rings is 1. The van der Waals surface area contributed by atoms with E-state index in [-0.39, 0.29) is 5.75 Å². The molecule has 1 heterocycles. The van der Waals surface area contributed by atoms with Crippen molar-refractivity contribution in [1.82, 2.24) is 9.55 Å². The summed E-state index contributed by atoms with van der Waals surface area (Å²) in [5.41, 5.74) is 2.34. The number of aryl methyl sites for hydroxylation is 1. The Balaban J connectivity index is 1.41. The van der Waals surface area contributed by atoms with Gasteiger partial charge in [0.05, 0.1) is 5.69 Å². The second kappa shape index (κ2) is 12.0. The SMILES string of the molecule is CC(Oc1ccccc1NC(=O)c1ccc(-c2nc(NC(=O)OC(C)c3ccccc3)cn2C)cc1)C(=O)O. The van der Waals surface area contributed by atoms with Crippen molar-refractivity contribution in [1.29, 1.82) is 0 Å². The smallest absolute Gasteiger partial charge is 0.413 e. The normalized spacial score (nSPS) is 12.2. The summed E-state index contributed by atoms with van der Waals surface area (Å²) in [5, 5.41) is 14.5. The van der Waals surface area contributed by atoms with Crippen LogP contribution < -0.4 is 15.4 Å². The van der Waals surface area contributed by atoms with Crippen LogP contribution in [0, 0.1) is 0 Å². The van der Waals surface area contributed by atoms with Crippen LogP contribution in [0.3, 0.4) is 0 Å². The predicted molar refractivity (Wildman–Crippen MR) is 146 cm³/mol. The fraction of sp³-hybridized carbons (Fsp3) is 0.172. The first kappa shape index (κ1) is 26.9. The lowest BCUT2D eigenvalue weighted by atomic mass is 10.1. The minimum Gasteiger partial charge on any atom is -0.479 e. The molecule has 1 aromatic heterocycles. The summed E-state index contributed by atoms with van der Waals surface area (Å²) in [5.74, 6) is -0.348. The van der Waals surface area contributed by atoms with Gasteiger partial charge in [-0.05, 0) is 43.7 Å². The van der Waals surface area contributed by atoms with E-state index in [9.17, 15) is 14.4 Å². The van der Waals surface area contributed by atoms with Crippen molar-refractivity contribution in [3.63, 3.8) is 0 Å². The summed E-state index contributed by atoms with van der Waals surface area (Å²) >= 11 is 0. The number of aliphatic carboxylic acids is 1. The maximum Gasteiger partial charge on any atom is 0.413 e. The Morgan fingerprint density at radius 1 is 0.897 bits per heavy atom. The highest BCUT2D eigenvalue weighted by Crippen LogP contribution is 2.26. The average Bonchev–Trinajstić information content (AvgIpc) is 3.29. The molecule has 4 rings (SSSR count). The number of hydrogen-bond acceptors (Lipinski definition) is 6. The number of aromatic nitrogens is 2. The highest BCUT2D eigenvalue weighted by atomic mass is 16.6. The minimum atomic E-state index is -1.11. The molecule has 0 fully saturated rings. The van der Waals surface area contributed by atoms with Crippen LogP contribution in [0.25, 0.3) is 11.4 Å². The number of rotatable bonds is 9. The molecule has 10 nitrogen and oxygen atoms in total. The van der Waals surface area contributed by atoms with E-state index < -0.39 is 30.2 Å². The van der Waals surface area contributed by atoms with Crippen molar-refractivity contribution >= 4 is 29.5 Å². The van der Waals surface area contributed by atoms with E-state index in [1.54, 1.807) is 73.3 Å². The van der Waals surface area contributed by atoms with Crippen LogP contribution in [-0.4, -0.2) is 38.7 Å². The molecule has 4 aromatic rings. The molecule has 39 heavy (non-hydrogen) atoms. The number of hydrogen-bond donors (Lipinski definition) is 3. The minimum absolute atomic E-state index is 0.252. The molecule has 2 unspecified atom stereocenters. The third-order valence-corrected chi connectivity index (χ3v) is 5.85. The van der Waals surface area contributed by atoms with Crippen molar-refractivity contribution in [3.8, 4) is 17.1 Å². The molecule has 2 atom stereocenters. The van der Waals surface area contributed by atoms with E-state index in [4.69, 9.17) is 14.6 Å². The van der Waals surface area contributed by atoms with Gasteiger partial charge >= 0.3 is 12.1 Å². The molecule has 0 radical (unpaired) electrons. The zero-order valence-corrected chi connectivity index (χ0v) is 21.6. The summed E-state index contributed by atoms with van der Waals surface area (Å²) in [7, 11) is 1.79. The van der Waals surface area contributed by atoms with Gasteiger partial charge in [0.25, 0.3) is 5.91 Å². The van der Waals surface area contributed by atoms with Gasteiger partial charge in [-0.1, -0.05) is 54.6 Å². The van der Waals surface area contributed by atoms with E-state index in [2.05, 4.69) is 15.6 Å². The number of benzene rings is 3. The van der Waals surface area contributed by atoms with Gasteiger partial charge in [-0.15, -0.1) is 0 Å². The zero-order chi connectivity index (χ0) is 27.9. The second-order valence-corrected chi connectivity index (χ2v) is 8.77. The van der Waals surface area contributed by atoms with Crippen LogP contribution in [0.2, 0.25) is 0 Å². The topological polar surface area (TPSA) is 132 Å². The van der Waals surface area contributed by atoms with Crippen LogP contribution in [0.15, 0.2) is 85.1 Å². The summed E-state index contributed by atoms with van der Waals surface area (Å²) in [6.45, 7) is 3.20. The number of carboxylic acids is 1. The number of ether oxygens (including phenoxy) is 2. The van der Waals surface area contributed by atoms with E-state index in [1.165, 1.54) is 6.92 Å². The molecular weight excluding hydrogens is 500 g/mol. The van der Waals surface area contributed by atoms with Crippen molar-refractivity contribution < 1.29 is 29.0 Å². The number of amides is 2. The molecule has 0 spiro atoms. The highest BCUT2D eigenvalue weighted by Gasteiger charge is 2.17. The van der Waals surface area contributed by atoms with Crippen molar-refractivity contribution in [2.45, 2.75) is 26.1 Å². The number of nitrogens with one attached hydrogen (secondary N) is 2. The summed E-state index contributed by atoms with van der Waals surface area (Å²) in [6, 6.07) is 22.8. The Kier molecular flexibility index (Phi) is 8.25. The number of anilines is 2. The fourth-order valence-corrected chi connectivity index (χ4v) is 3.76. The molecule has 0 aliphatic heterocycles. The molecule has 200 valence electrons. The third kappa shape index (κ3) is 6.80. The van der Waals surface area contributed by atoms with Crippen molar-refractivity contribution in [3.05, 3.63) is 96.2 Å². The van der Waals surface area contributed by atoms with Crippen LogP contribution in [-0.2, 0) is 16.6 Å². The molecular formula is C29H28N4O6. The predicted octanol–water partition coefficient (Wildman–Crippen LogP) is 5.50. The van der Waals surface area contributed by atoms with Gasteiger partial charge in [0, 0.05) is 24.4 Å². The molecule has 3 aromatic carbocycles. The number of nitrogens with zero attached hydrogens (tertiary/aromatic N) is 2. The molecule has 3 N–H and O–H groups in total. The molecule has 2 amide bonds. The van der Waals surface area contributed by atoms with E-state index in [1.807, 2.05) is 30.3 Å². The average molecular weight is 529 g/mol. The van der Waals surface area contributed by atoms with Gasteiger partial charge in [-0.3, -0.25) is 10.1 Å². The summed E-state index contributed by atoms with van der Waals surface area (Å²) in [6.07, 6.45) is -0.453. The number of carbonyl (C=O) groups excluding carboxylic acids is 2. The lowest BCUT2D eigenvalue weighted by molar-refractivity contribution is -0.144. The monoisotopic (exact) mass is 528 g/mol. The highest BCUT2D eigenvalue weighted by molar-refractivity contribution is 6.05. The number of carbonyl (C=O) groups is 3. The Bertz CT molecular complexity index is 1470. The quantitative estimate of drug-likeness (QED) is 0.261. The fourth-order valence-electron chi connectivity index (χ4n) is 3.76. The van der Waals surface area contributed by atoms with Gasteiger partial charge in [-0.25, -0.2) is 14.6 Å². The first-order chi connectivity index (χ1) is 18.7. The maximum absolute atomic E-state index is 12.9. The largest absolute Gasteiger partial charge is 0.479 e. The Morgan fingerprint density at radius 2 is 1.56 bits per heavy atom. The van der Waals surface area contributed by atoms with Crippen LogP contribution >= 0.6 is 0 Å². The summed E-state index contributed by atoms with van der Waals surface area (Å²) < 4.78 is 12.6. The lowest BCUT2D eigenvalue weighted by Gasteiger charge is -2.15. The van der Waals surface area contributed by atoms with E-state index >= 15 is 0 Å². The van der Waals surface area contributed by atoms with E-state index in [0.717, 1.165) is 11.1 Å². The molecule has 0 aliphatic rings.